The van der Waals surface area contributed by atoms with Crippen LogP contribution in [0.15, 0.2) is 42.6 Å². The molecule has 2 heterocycles. The number of amides is 4. The van der Waals surface area contributed by atoms with Crippen molar-refractivity contribution < 1.29 is 36.7 Å². The molecule has 1 aromatic heterocycles. The lowest BCUT2D eigenvalue weighted by molar-refractivity contribution is -0.173. The molecule has 4 rings (SSSR count). The van der Waals surface area contributed by atoms with Gasteiger partial charge >= 0.3 is 18.1 Å². The highest BCUT2D eigenvalue weighted by atomic mass is 19.4. The Morgan fingerprint density at radius 2 is 1.81 bits per heavy atom. The highest BCUT2D eigenvalue weighted by Crippen LogP contribution is 2.34. The number of piperidine rings is 1. The molecule has 0 bridgehead atoms. The van der Waals surface area contributed by atoms with E-state index in [1.165, 1.54) is 23.1 Å². The van der Waals surface area contributed by atoms with E-state index in [1.54, 1.807) is 49.8 Å². The van der Waals surface area contributed by atoms with Gasteiger partial charge in [-0.3, -0.25) is 9.59 Å². The number of aromatic nitrogens is 1. The maximum Gasteiger partial charge on any atom is 0.471 e. The van der Waals surface area contributed by atoms with Gasteiger partial charge in [0.15, 0.2) is 0 Å². The van der Waals surface area contributed by atoms with Gasteiger partial charge in [0.05, 0.1) is 23.4 Å². The smallest absolute Gasteiger partial charge is 0.383 e. The Kier molecular flexibility index (Phi) is 9.40. The summed E-state index contributed by atoms with van der Waals surface area (Å²) in [6.07, 6.45) is -2.38. The molecule has 9 nitrogen and oxygen atoms in total. The standard InChI is InChI=1S/C29H33F4N5O4/c1-36(2)28(41)35-23-5-4-6-24-25(23)21(17-38(24)13-14-42-3)26(39)37-11-9-19(10-12-37)20-15-18(7-8-22(20)30)16-34-27(40)29(31,32)33/h4-8,15,17,19H,9-14,16H2,1-3H3,(H,34,40)(H,35,41). The summed E-state index contributed by atoms with van der Waals surface area (Å²) in [6, 6.07) is 9.05. The lowest BCUT2D eigenvalue weighted by atomic mass is 9.88. The van der Waals surface area contributed by atoms with Crippen molar-refractivity contribution in [3.8, 4) is 0 Å². The number of urea groups is 1. The minimum atomic E-state index is -5.00. The van der Waals surface area contributed by atoms with E-state index in [-0.39, 0.29) is 24.4 Å². The number of halogens is 4. The van der Waals surface area contributed by atoms with Crippen LogP contribution in [-0.4, -0.2) is 79.3 Å². The zero-order valence-corrected chi connectivity index (χ0v) is 23.6. The Labute approximate surface area is 240 Å². The number of hydrogen-bond donors (Lipinski definition) is 2. The number of carbonyl (C=O) groups is 3. The number of carbonyl (C=O) groups excluding carboxylic acids is 3. The van der Waals surface area contributed by atoms with Gasteiger partial charge in [0.2, 0.25) is 0 Å². The SMILES string of the molecule is COCCn1cc(C(=O)N2CCC(c3cc(CNC(=O)C(F)(F)F)ccc3F)CC2)c2c(NC(=O)N(C)C)cccc21. The van der Waals surface area contributed by atoms with E-state index >= 15 is 0 Å². The topological polar surface area (TPSA) is 95.9 Å². The Morgan fingerprint density at radius 1 is 1.10 bits per heavy atom. The molecular weight excluding hydrogens is 558 g/mol. The molecule has 2 N–H and O–H groups in total. The van der Waals surface area contributed by atoms with Crippen LogP contribution in [0.25, 0.3) is 10.9 Å². The van der Waals surface area contributed by atoms with E-state index in [1.807, 2.05) is 10.6 Å². The zero-order chi connectivity index (χ0) is 30.6. The van der Waals surface area contributed by atoms with Crippen LogP contribution in [0.3, 0.4) is 0 Å². The summed E-state index contributed by atoms with van der Waals surface area (Å²) >= 11 is 0. The van der Waals surface area contributed by atoms with E-state index in [2.05, 4.69) is 5.32 Å². The summed E-state index contributed by atoms with van der Waals surface area (Å²) in [7, 11) is 4.82. The van der Waals surface area contributed by atoms with E-state index in [0.29, 0.717) is 66.8 Å². The van der Waals surface area contributed by atoms with Crippen LogP contribution in [0.4, 0.5) is 28.0 Å². The van der Waals surface area contributed by atoms with Crippen molar-refractivity contribution in [3.05, 3.63) is 65.1 Å². The maximum atomic E-state index is 14.7. The second-order valence-corrected chi connectivity index (χ2v) is 10.4. The van der Waals surface area contributed by atoms with Crippen LogP contribution in [0.2, 0.25) is 0 Å². The molecule has 226 valence electrons. The number of nitrogens with zero attached hydrogens (tertiary/aromatic N) is 3. The van der Waals surface area contributed by atoms with Crippen LogP contribution in [0.5, 0.6) is 0 Å². The fourth-order valence-corrected chi connectivity index (χ4v) is 5.08. The second-order valence-electron chi connectivity index (χ2n) is 10.4. The molecule has 0 saturated carbocycles. The summed E-state index contributed by atoms with van der Waals surface area (Å²) in [6.45, 7) is 1.18. The van der Waals surface area contributed by atoms with Gasteiger partial charge in [0.1, 0.15) is 5.82 Å². The molecule has 0 unspecified atom stereocenters. The molecule has 0 atom stereocenters. The van der Waals surface area contributed by atoms with Gasteiger partial charge in [-0.15, -0.1) is 0 Å². The fourth-order valence-electron chi connectivity index (χ4n) is 5.08. The Balaban J connectivity index is 1.53. The molecule has 1 saturated heterocycles. The third kappa shape index (κ3) is 6.84. The van der Waals surface area contributed by atoms with Gasteiger partial charge in [0.25, 0.3) is 5.91 Å². The predicted octanol–water partition coefficient (Wildman–Crippen LogP) is 4.72. The summed E-state index contributed by atoms with van der Waals surface area (Å²) < 4.78 is 59.5. The van der Waals surface area contributed by atoms with Crippen molar-refractivity contribution >= 4 is 34.4 Å². The van der Waals surface area contributed by atoms with Crippen molar-refractivity contribution in [2.75, 3.05) is 46.2 Å². The third-order valence-corrected chi connectivity index (χ3v) is 7.31. The molecule has 0 spiro atoms. The van der Waals surface area contributed by atoms with Crippen molar-refractivity contribution in [1.82, 2.24) is 19.7 Å². The van der Waals surface area contributed by atoms with Crippen LogP contribution < -0.4 is 10.6 Å². The molecule has 3 aromatic rings. The van der Waals surface area contributed by atoms with Gasteiger partial charge in [0, 0.05) is 59.0 Å². The minimum absolute atomic E-state index is 0.231. The molecule has 0 aliphatic carbocycles. The number of methoxy groups -OCH3 is 1. The first kappa shape index (κ1) is 30.8. The highest BCUT2D eigenvalue weighted by Gasteiger charge is 2.38. The normalized spacial score (nSPS) is 14.2. The predicted molar refractivity (Wildman–Crippen MR) is 149 cm³/mol. The Morgan fingerprint density at radius 3 is 2.45 bits per heavy atom. The molecule has 42 heavy (non-hydrogen) atoms. The van der Waals surface area contributed by atoms with Gasteiger partial charge in [-0.2, -0.15) is 13.2 Å². The zero-order valence-electron chi connectivity index (χ0n) is 23.6. The minimum Gasteiger partial charge on any atom is -0.383 e. The maximum absolute atomic E-state index is 14.7. The summed E-state index contributed by atoms with van der Waals surface area (Å²) in [5.41, 5.74) is 2.36. The Bertz CT molecular complexity index is 1460. The van der Waals surface area contributed by atoms with E-state index in [9.17, 15) is 31.9 Å². The average molecular weight is 592 g/mol. The number of ether oxygens (including phenoxy) is 1. The van der Waals surface area contributed by atoms with Gasteiger partial charge in [-0.05, 0) is 48.1 Å². The number of hydrogen-bond acceptors (Lipinski definition) is 4. The largest absolute Gasteiger partial charge is 0.471 e. The first-order valence-electron chi connectivity index (χ1n) is 13.4. The number of likely N-dealkylation sites (tertiary alicyclic amines) is 1. The molecule has 4 amide bonds. The number of benzene rings is 2. The molecule has 1 aliphatic rings. The number of nitrogens with one attached hydrogen (secondary N) is 2. The first-order valence-corrected chi connectivity index (χ1v) is 13.4. The monoisotopic (exact) mass is 591 g/mol. The van der Waals surface area contributed by atoms with E-state index < -0.39 is 17.9 Å². The van der Waals surface area contributed by atoms with Crippen molar-refractivity contribution in [2.45, 2.75) is 38.0 Å². The van der Waals surface area contributed by atoms with Gasteiger partial charge in [-0.25, -0.2) is 9.18 Å². The highest BCUT2D eigenvalue weighted by molar-refractivity contribution is 6.13. The van der Waals surface area contributed by atoms with Gasteiger partial charge in [-0.1, -0.05) is 18.2 Å². The van der Waals surface area contributed by atoms with Crippen molar-refractivity contribution in [2.24, 2.45) is 0 Å². The lowest BCUT2D eigenvalue weighted by Crippen LogP contribution is -2.38. The van der Waals surface area contributed by atoms with E-state index in [4.69, 9.17) is 4.74 Å². The first-order chi connectivity index (χ1) is 19.9. The molecule has 0 radical (unpaired) electrons. The fraction of sp³-hybridized carbons (Fsp3) is 0.414. The average Bonchev–Trinajstić information content (AvgIpc) is 3.34. The second kappa shape index (κ2) is 12.8. The van der Waals surface area contributed by atoms with Crippen LogP contribution in [-0.2, 0) is 22.6 Å². The summed E-state index contributed by atoms with van der Waals surface area (Å²) in [4.78, 5) is 40.5. The quantitative estimate of drug-likeness (QED) is 0.371. The summed E-state index contributed by atoms with van der Waals surface area (Å²) in [5.74, 6) is -3.04. The number of rotatable bonds is 8. The van der Waals surface area contributed by atoms with Crippen LogP contribution >= 0.6 is 0 Å². The third-order valence-electron chi connectivity index (χ3n) is 7.31. The van der Waals surface area contributed by atoms with Crippen molar-refractivity contribution in [1.29, 1.82) is 0 Å². The summed E-state index contributed by atoms with van der Waals surface area (Å²) in [5, 5.41) is 5.27. The Hall–Kier alpha value is -4.13. The van der Waals surface area contributed by atoms with Crippen LogP contribution in [0.1, 0.15) is 40.2 Å². The molecule has 1 aliphatic heterocycles. The van der Waals surface area contributed by atoms with Crippen molar-refractivity contribution in [3.63, 3.8) is 0 Å². The van der Waals surface area contributed by atoms with Gasteiger partial charge < -0.3 is 29.7 Å². The molecule has 1 fully saturated rings. The molecule has 2 aromatic carbocycles. The molecule has 13 heteroatoms. The number of fused-ring (bicyclic) bond motifs is 1. The lowest BCUT2D eigenvalue weighted by Gasteiger charge is -2.32. The number of alkyl halides is 3. The van der Waals surface area contributed by atoms with Crippen LogP contribution in [0, 0.1) is 5.82 Å². The van der Waals surface area contributed by atoms with E-state index in [0.717, 1.165) is 5.52 Å². The molecular formula is C29H33F4N5O4. The number of anilines is 1.